The van der Waals surface area contributed by atoms with Crippen molar-refractivity contribution in [3.8, 4) is 0 Å². The van der Waals surface area contributed by atoms with Crippen molar-refractivity contribution in [2.24, 2.45) is 0 Å². The number of hydrogen-bond acceptors (Lipinski definition) is 4. The second-order valence-corrected chi connectivity index (χ2v) is 12.1. The van der Waals surface area contributed by atoms with Gasteiger partial charge in [0.15, 0.2) is 0 Å². The standard InChI is InChI=1S/C27H34Cl2F3N3O4S/c1-4-6-14-33-26(37)24(5-2)34(18-19-12-13-21(28)17-23(19)29)25(36)11-8-15-35(40(3,38)39)22-10-7-9-20(16-22)27(30,31)32/h7,9-10,12-13,16-17,24H,4-6,8,11,14-15,18H2,1-3H3,(H,33,37). The minimum atomic E-state index is -4.65. The topological polar surface area (TPSA) is 86.8 Å². The van der Waals surface area contributed by atoms with E-state index in [1.54, 1.807) is 19.1 Å². The number of amides is 2. The Hall–Kier alpha value is -2.50. The van der Waals surface area contributed by atoms with Crippen LogP contribution >= 0.6 is 23.2 Å². The van der Waals surface area contributed by atoms with Crippen molar-refractivity contribution in [2.75, 3.05) is 23.7 Å². The maximum absolute atomic E-state index is 13.5. The monoisotopic (exact) mass is 623 g/mol. The summed E-state index contributed by atoms with van der Waals surface area (Å²) in [5.74, 6) is -0.753. The van der Waals surface area contributed by atoms with Gasteiger partial charge in [-0.1, -0.05) is 55.6 Å². The van der Waals surface area contributed by atoms with Crippen molar-refractivity contribution >= 4 is 50.7 Å². The molecule has 0 fully saturated rings. The summed E-state index contributed by atoms with van der Waals surface area (Å²) in [6.45, 7) is 3.99. The number of hydrogen-bond donors (Lipinski definition) is 1. The van der Waals surface area contributed by atoms with Gasteiger partial charge in [0.25, 0.3) is 0 Å². The highest BCUT2D eigenvalue weighted by Gasteiger charge is 2.32. The van der Waals surface area contributed by atoms with E-state index in [0.29, 0.717) is 28.6 Å². The van der Waals surface area contributed by atoms with Gasteiger partial charge >= 0.3 is 6.18 Å². The lowest BCUT2D eigenvalue weighted by Gasteiger charge is -2.31. The molecule has 2 rings (SSSR count). The van der Waals surface area contributed by atoms with E-state index in [1.165, 1.54) is 17.0 Å². The van der Waals surface area contributed by atoms with Gasteiger partial charge in [0.2, 0.25) is 21.8 Å². The van der Waals surface area contributed by atoms with Gasteiger partial charge in [-0.15, -0.1) is 0 Å². The Bertz CT molecular complexity index is 1280. The van der Waals surface area contributed by atoms with Gasteiger partial charge in [-0.25, -0.2) is 8.42 Å². The fraction of sp³-hybridized carbons (Fsp3) is 0.481. The van der Waals surface area contributed by atoms with Crippen molar-refractivity contribution in [3.63, 3.8) is 0 Å². The molecule has 222 valence electrons. The minimum Gasteiger partial charge on any atom is -0.354 e. The lowest BCUT2D eigenvalue weighted by atomic mass is 10.1. The molecule has 13 heteroatoms. The summed E-state index contributed by atoms with van der Waals surface area (Å²) < 4.78 is 65.4. The van der Waals surface area contributed by atoms with Crippen molar-refractivity contribution in [3.05, 3.63) is 63.6 Å². The summed E-state index contributed by atoms with van der Waals surface area (Å²) in [5, 5.41) is 3.57. The number of halogens is 5. The van der Waals surface area contributed by atoms with E-state index in [-0.39, 0.29) is 37.5 Å². The van der Waals surface area contributed by atoms with Crippen LogP contribution in [0.2, 0.25) is 10.0 Å². The van der Waals surface area contributed by atoms with Crippen molar-refractivity contribution in [2.45, 2.75) is 64.7 Å². The molecule has 1 atom stereocenters. The fourth-order valence-electron chi connectivity index (χ4n) is 4.10. The molecule has 40 heavy (non-hydrogen) atoms. The van der Waals surface area contributed by atoms with Crippen LogP contribution in [0.5, 0.6) is 0 Å². The molecule has 1 N–H and O–H groups in total. The number of benzene rings is 2. The van der Waals surface area contributed by atoms with E-state index >= 15 is 0 Å². The Balaban J connectivity index is 2.27. The Morgan fingerprint density at radius 3 is 2.33 bits per heavy atom. The maximum atomic E-state index is 13.5. The molecule has 2 aromatic rings. The molecule has 0 aliphatic carbocycles. The molecule has 2 aromatic carbocycles. The largest absolute Gasteiger partial charge is 0.416 e. The number of nitrogens with one attached hydrogen (secondary N) is 1. The molecule has 1 unspecified atom stereocenters. The van der Waals surface area contributed by atoms with E-state index in [2.05, 4.69) is 5.32 Å². The van der Waals surface area contributed by atoms with Gasteiger partial charge in [0, 0.05) is 36.1 Å². The Kier molecular flexibility index (Phi) is 12.6. The van der Waals surface area contributed by atoms with Gasteiger partial charge in [-0.3, -0.25) is 13.9 Å². The molecule has 0 aliphatic rings. The highest BCUT2D eigenvalue weighted by atomic mass is 35.5. The Morgan fingerprint density at radius 2 is 1.75 bits per heavy atom. The third kappa shape index (κ3) is 9.85. The van der Waals surface area contributed by atoms with E-state index in [9.17, 15) is 31.2 Å². The molecule has 0 spiro atoms. The second kappa shape index (κ2) is 14.9. The zero-order chi connectivity index (χ0) is 30.1. The summed E-state index contributed by atoms with van der Waals surface area (Å²) in [5.41, 5.74) is -0.571. The first kappa shape index (κ1) is 33.7. The van der Waals surface area contributed by atoms with Crippen LogP contribution in [0.25, 0.3) is 0 Å². The second-order valence-electron chi connectivity index (χ2n) is 9.31. The molecule has 0 saturated carbocycles. The minimum absolute atomic E-state index is 0.000880. The predicted octanol–water partition coefficient (Wildman–Crippen LogP) is 6.28. The Morgan fingerprint density at radius 1 is 1.05 bits per heavy atom. The number of nitrogens with zero attached hydrogens (tertiary/aromatic N) is 2. The van der Waals surface area contributed by atoms with Crippen molar-refractivity contribution in [1.29, 1.82) is 0 Å². The first-order valence-electron chi connectivity index (χ1n) is 12.8. The predicted molar refractivity (Wildman–Crippen MR) is 152 cm³/mol. The van der Waals surface area contributed by atoms with E-state index < -0.39 is 33.7 Å². The number of rotatable bonds is 14. The van der Waals surface area contributed by atoms with Crippen LogP contribution in [0.15, 0.2) is 42.5 Å². The number of sulfonamides is 1. The van der Waals surface area contributed by atoms with Crippen LogP contribution in [0, 0.1) is 0 Å². The summed E-state index contributed by atoms with van der Waals surface area (Å²) in [6, 6.07) is 7.99. The molecule has 0 bridgehead atoms. The number of alkyl halides is 3. The third-order valence-electron chi connectivity index (χ3n) is 6.18. The van der Waals surface area contributed by atoms with Crippen molar-refractivity contribution in [1.82, 2.24) is 10.2 Å². The number of carbonyl (C=O) groups is 2. The van der Waals surface area contributed by atoms with Crippen LogP contribution in [-0.4, -0.2) is 50.5 Å². The summed E-state index contributed by atoms with van der Waals surface area (Å²) in [4.78, 5) is 27.9. The normalized spacial score (nSPS) is 12.6. The SMILES string of the molecule is CCCCNC(=O)C(CC)N(Cc1ccc(Cl)cc1Cl)C(=O)CCCN(c1cccc(C(F)(F)F)c1)S(C)(=O)=O. The summed E-state index contributed by atoms with van der Waals surface area (Å²) >= 11 is 12.3. The smallest absolute Gasteiger partial charge is 0.354 e. The number of carbonyl (C=O) groups excluding carboxylic acids is 2. The molecule has 0 aromatic heterocycles. The molecule has 0 saturated heterocycles. The first-order valence-corrected chi connectivity index (χ1v) is 15.5. The van der Waals surface area contributed by atoms with Gasteiger partial charge in [0.1, 0.15) is 6.04 Å². The fourth-order valence-corrected chi connectivity index (χ4v) is 5.53. The average Bonchev–Trinajstić information content (AvgIpc) is 2.86. The zero-order valence-electron chi connectivity index (χ0n) is 22.6. The molecule has 0 heterocycles. The number of anilines is 1. The molecule has 0 radical (unpaired) electrons. The van der Waals surface area contributed by atoms with Gasteiger partial charge in [-0.05, 0) is 55.2 Å². The zero-order valence-corrected chi connectivity index (χ0v) is 24.9. The van der Waals surface area contributed by atoms with Crippen LogP contribution in [-0.2, 0) is 32.3 Å². The van der Waals surface area contributed by atoms with Crippen LogP contribution in [0.3, 0.4) is 0 Å². The highest BCUT2D eigenvalue weighted by molar-refractivity contribution is 7.92. The molecular weight excluding hydrogens is 590 g/mol. The van der Waals surface area contributed by atoms with Crippen LogP contribution in [0.4, 0.5) is 18.9 Å². The number of unbranched alkanes of at least 4 members (excludes halogenated alkanes) is 1. The van der Waals surface area contributed by atoms with Gasteiger partial charge in [-0.2, -0.15) is 13.2 Å². The summed E-state index contributed by atoms with van der Waals surface area (Å²) in [6.07, 6.45) is -1.95. The Labute approximate surface area is 243 Å². The summed E-state index contributed by atoms with van der Waals surface area (Å²) in [7, 11) is -3.96. The van der Waals surface area contributed by atoms with E-state index in [4.69, 9.17) is 23.2 Å². The first-order chi connectivity index (χ1) is 18.7. The highest BCUT2D eigenvalue weighted by Crippen LogP contribution is 2.32. The molecule has 0 aliphatic heterocycles. The van der Waals surface area contributed by atoms with E-state index in [1.807, 2.05) is 6.92 Å². The van der Waals surface area contributed by atoms with Gasteiger partial charge in [0.05, 0.1) is 17.5 Å². The molecule has 2 amide bonds. The lowest BCUT2D eigenvalue weighted by molar-refractivity contribution is -0.141. The van der Waals surface area contributed by atoms with Crippen LogP contribution < -0.4 is 9.62 Å². The third-order valence-corrected chi connectivity index (χ3v) is 7.97. The molecular formula is C27H34Cl2F3N3O4S. The quantitative estimate of drug-likeness (QED) is 0.251. The molecule has 7 nitrogen and oxygen atoms in total. The van der Waals surface area contributed by atoms with Gasteiger partial charge < -0.3 is 10.2 Å². The van der Waals surface area contributed by atoms with Crippen molar-refractivity contribution < 1.29 is 31.2 Å². The van der Waals surface area contributed by atoms with Crippen LogP contribution in [0.1, 0.15) is 57.1 Å². The van der Waals surface area contributed by atoms with E-state index in [0.717, 1.165) is 41.6 Å². The lowest BCUT2D eigenvalue weighted by Crippen LogP contribution is -2.49. The average molecular weight is 625 g/mol. The maximum Gasteiger partial charge on any atom is 0.416 e.